The van der Waals surface area contributed by atoms with Crippen LogP contribution in [0.3, 0.4) is 0 Å². The van der Waals surface area contributed by atoms with Gasteiger partial charge in [-0.25, -0.2) is 4.39 Å². The summed E-state index contributed by atoms with van der Waals surface area (Å²) in [5.74, 6) is -0.231. The van der Waals surface area contributed by atoms with Crippen molar-refractivity contribution < 1.29 is 19.1 Å². The number of benzene rings is 1. The predicted octanol–water partition coefficient (Wildman–Crippen LogP) is 2.21. The predicted molar refractivity (Wildman–Crippen MR) is 88.6 cm³/mol. The molecule has 0 aliphatic carbocycles. The lowest BCUT2D eigenvalue weighted by atomic mass is 10.1. The number of carbonyl (C=O) groups excluding carboxylic acids is 1. The molecule has 8 nitrogen and oxygen atoms in total. The Kier molecular flexibility index (Phi) is 5.62. The summed E-state index contributed by atoms with van der Waals surface area (Å²) in [6.07, 6.45) is 3.05. The van der Waals surface area contributed by atoms with Crippen molar-refractivity contribution in [3.8, 4) is 11.1 Å². The molecular weight excluding hydrogens is 329 g/mol. The minimum Gasteiger partial charge on any atom is -0.483 e. The van der Waals surface area contributed by atoms with Crippen LogP contribution in [0.15, 0.2) is 36.7 Å². The van der Waals surface area contributed by atoms with Crippen molar-refractivity contribution in [2.75, 3.05) is 5.32 Å². The molecule has 1 aromatic carbocycles. The van der Waals surface area contributed by atoms with E-state index in [-0.39, 0.29) is 18.2 Å². The van der Waals surface area contributed by atoms with Gasteiger partial charge in [-0.3, -0.25) is 19.4 Å². The highest BCUT2D eigenvalue weighted by atomic mass is 19.1. The van der Waals surface area contributed by atoms with Crippen LogP contribution in [0.25, 0.3) is 11.1 Å². The fourth-order valence-electron chi connectivity index (χ4n) is 2.16. The van der Waals surface area contributed by atoms with E-state index in [0.717, 1.165) is 5.69 Å². The van der Waals surface area contributed by atoms with Crippen LogP contribution in [0.5, 0.6) is 0 Å². The molecule has 0 saturated carbocycles. The highest BCUT2D eigenvalue weighted by Gasteiger charge is 2.16. The number of carboxylic acid groups (broad SMARTS) is 1. The van der Waals surface area contributed by atoms with Gasteiger partial charge in [0.05, 0.1) is 18.0 Å². The van der Waals surface area contributed by atoms with Gasteiger partial charge >= 0.3 is 0 Å². The summed E-state index contributed by atoms with van der Waals surface area (Å²) in [4.78, 5) is 20.7. The average molecular weight is 345 g/mol. The van der Waals surface area contributed by atoms with Crippen molar-refractivity contribution in [1.29, 1.82) is 0 Å². The van der Waals surface area contributed by atoms with E-state index >= 15 is 0 Å². The molecule has 1 amide bonds. The van der Waals surface area contributed by atoms with Crippen LogP contribution in [-0.4, -0.2) is 37.5 Å². The maximum absolute atomic E-state index is 13.3. The molecule has 3 aromatic rings. The SMILES string of the molecule is Cc1c(C(=O)Nc2[nH]ncc2-c2cccc(F)c2)cnn1C.O=CO. The first-order valence-electron chi connectivity index (χ1n) is 7.15. The van der Waals surface area contributed by atoms with Crippen LogP contribution in [0.1, 0.15) is 16.1 Å². The van der Waals surface area contributed by atoms with Crippen LogP contribution in [0.2, 0.25) is 0 Å². The number of carbonyl (C=O) groups is 2. The van der Waals surface area contributed by atoms with Gasteiger partial charge in [-0.1, -0.05) is 12.1 Å². The Morgan fingerprint density at radius 3 is 2.72 bits per heavy atom. The topological polar surface area (TPSA) is 113 Å². The highest BCUT2D eigenvalue weighted by molar-refractivity contribution is 6.06. The van der Waals surface area contributed by atoms with Gasteiger partial charge in [-0.15, -0.1) is 0 Å². The third-order valence-electron chi connectivity index (χ3n) is 3.49. The van der Waals surface area contributed by atoms with Crippen LogP contribution in [0.4, 0.5) is 10.2 Å². The molecule has 3 N–H and O–H groups in total. The summed E-state index contributed by atoms with van der Waals surface area (Å²) in [5.41, 5.74) is 2.48. The molecule has 0 saturated heterocycles. The lowest BCUT2D eigenvalue weighted by molar-refractivity contribution is -0.122. The first-order chi connectivity index (χ1) is 12.0. The number of hydrogen-bond donors (Lipinski definition) is 3. The fourth-order valence-corrected chi connectivity index (χ4v) is 2.16. The second-order valence-electron chi connectivity index (χ2n) is 5.00. The molecule has 0 aliphatic rings. The summed E-state index contributed by atoms with van der Waals surface area (Å²) in [5, 5.41) is 20.3. The summed E-state index contributed by atoms with van der Waals surface area (Å²) < 4.78 is 15.0. The first-order valence-corrected chi connectivity index (χ1v) is 7.15. The number of hydrogen-bond acceptors (Lipinski definition) is 4. The number of nitrogens with one attached hydrogen (secondary N) is 2. The summed E-state index contributed by atoms with van der Waals surface area (Å²) in [7, 11) is 1.76. The van der Waals surface area contributed by atoms with Gasteiger partial charge in [-0.05, 0) is 24.6 Å². The normalized spacial score (nSPS) is 9.88. The number of aryl methyl sites for hydroxylation is 1. The Bertz CT molecular complexity index is 888. The van der Waals surface area contributed by atoms with E-state index in [9.17, 15) is 9.18 Å². The van der Waals surface area contributed by atoms with Gasteiger partial charge in [-0.2, -0.15) is 10.2 Å². The van der Waals surface area contributed by atoms with Crippen molar-refractivity contribution >= 4 is 18.2 Å². The summed E-state index contributed by atoms with van der Waals surface area (Å²) in [6.45, 7) is 1.56. The smallest absolute Gasteiger partial charge is 0.290 e. The molecule has 0 atom stereocenters. The van der Waals surface area contributed by atoms with Crippen LogP contribution < -0.4 is 5.32 Å². The lowest BCUT2D eigenvalue weighted by Crippen LogP contribution is -2.13. The maximum Gasteiger partial charge on any atom is 0.290 e. The average Bonchev–Trinajstić information content (AvgIpc) is 3.16. The van der Waals surface area contributed by atoms with E-state index < -0.39 is 0 Å². The zero-order valence-corrected chi connectivity index (χ0v) is 13.5. The van der Waals surface area contributed by atoms with E-state index in [1.807, 2.05) is 6.92 Å². The van der Waals surface area contributed by atoms with Crippen molar-refractivity contribution in [1.82, 2.24) is 20.0 Å². The molecule has 2 aromatic heterocycles. The number of amides is 1. The van der Waals surface area contributed by atoms with E-state index in [4.69, 9.17) is 9.90 Å². The second kappa shape index (κ2) is 7.86. The monoisotopic (exact) mass is 345 g/mol. The number of rotatable bonds is 3. The van der Waals surface area contributed by atoms with Crippen molar-refractivity contribution in [2.45, 2.75) is 6.92 Å². The molecule has 2 heterocycles. The van der Waals surface area contributed by atoms with E-state index in [2.05, 4.69) is 20.6 Å². The Labute approximate surface area is 142 Å². The standard InChI is InChI=1S/C15H14FN5O.CH2O2/c1-9-12(8-18-21(9)2)15(22)19-14-13(7-17-20-14)10-4-3-5-11(16)6-10;2-1-3/h3-8H,1-2H3,(H2,17,19,20,22);1H,(H,2,3). The van der Waals surface area contributed by atoms with Crippen molar-refractivity contribution in [3.05, 3.63) is 53.7 Å². The Morgan fingerprint density at radius 1 is 1.40 bits per heavy atom. The molecule has 0 aliphatic heterocycles. The van der Waals surface area contributed by atoms with Gasteiger partial charge in [0.2, 0.25) is 0 Å². The third kappa shape index (κ3) is 4.08. The van der Waals surface area contributed by atoms with Crippen LogP contribution >= 0.6 is 0 Å². The van der Waals surface area contributed by atoms with Gasteiger partial charge in [0.1, 0.15) is 11.6 Å². The number of H-pyrrole nitrogens is 1. The van der Waals surface area contributed by atoms with Gasteiger partial charge in [0.25, 0.3) is 12.4 Å². The van der Waals surface area contributed by atoms with Crippen LogP contribution in [-0.2, 0) is 11.8 Å². The zero-order valence-electron chi connectivity index (χ0n) is 13.5. The van der Waals surface area contributed by atoms with E-state index in [0.29, 0.717) is 22.5 Å². The molecule has 0 unspecified atom stereocenters. The van der Waals surface area contributed by atoms with Gasteiger partial charge in [0, 0.05) is 18.3 Å². The minimum atomic E-state index is -0.348. The molecule has 0 spiro atoms. The van der Waals surface area contributed by atoms with Crippen molar-refractivity contribution in [2.24, 2.45) is 7.05 Å². The Balaban J connectivity index is 0.000000701. The molecule has 0 radical (unpaired) electrons. The zero-order chi connectivity index (χ0) is 18.4. The molecular formula is C16H16FN5O3. The molecule has 9 heteroatoms. The van der Waals surface area contributed by atoms with Gasteiger partial charge in [0.15, 0.2) is 0 Å². The summed E-state index contributed by atoms with van der Waals surface area (Å²) in [6, 6.07) is 6.10. The molecule has 0 bridgehead atoms. The number of nitrogens with zero attached hydrogens (tertiary/aromatic N) is 3. The number of aromatic nitrogens is 4. The minimum absolute atomic E-state index is 0.250. The fraction of sp³-hybridized carbons (Fsp3) is 0.125. The quantitative estimate of drug-likeness (QED) is 0.630. The number of aromatic amines is 1. The summed E-state index contributed by atoms with van der Waals surface area (Å²) >= 11 is 0. The van der Waals surface area contributed by atoms with Crippen molar-refractivity contribution in [3.63, 3.8) is 0 Å². The number of halogens is 1. The third-order valence-corrected chi connectivity index (χ3v) is 3.49. The molecule has 0 fully saturated rings. The molecule has 25 heavy (non-hydrogen) atoms. The number of anilines is 1. The Hall–Kier alpha value is -3.49. The van der Waals surface area contributed by atoms with E-state index in [1.165, 1.54) is 18.3 Å². The first kappa shape index (κ1) is 17.9. The second-order valence-corrected chi connectivity index (χ2v) is 5.00. The maximum atomic E-state index is 13.3. The molecule has 130 valence electrons. The lowest BCUT2D eigenvalue weighted by Gasteiger charge is -2.06. The van der Waals surface area contributed by atoms with Gasteiger partial charge < -0.3 is 10.4 Å². The largest absolute Gasteiger partial charge is 0.483 e. The highest BCUT2D eigenvalue weighted by Crippen LogP contribution is 2.26. The van der Waals surface area contributed by atoms with E-state index in [1.54, 1.807) is 30.1 Å². The Morgan fingerprint density at radius 2 is 2.12 bits per heavy atom. The molecule has 3 rings (SSSR count). The van der Waals surface area contributed by atoms with Crippen LogP contribution in [0, 0.1) is 12.7 Å².